The number of carbonyl (C=O) groups excluding carboxylic acids is 1. The van der Waals surface area contributed by atoms with E-state index in [1.165, 1.54) is 5.56 Å². The van der Waals surface area contributed by atoms with Crippen LogP contribution >= 0.6 is 0 Å². The molecule has 0 aliphatic carbocycles. The van der Waals surface area contributed by atoms with Crippen molar-refractivity contribution in [3.05, 3.63) is 47.7 Å². The number of hydrogen-bond acceptors (Lipinski definition) is 3. The zero-order valence-electron chi connectivity index (χ0n) is 13.5. The normalized spacial score (nSPS) is 11.5. The Morgan fingerprint density at radius 1 is 1.14 bits per heavy atom. The minimum atomic E-state index is -0.203. The predicted molar refractivity (Wildman–Crippen MR) is 88.8 cm³/mol. The Hall–Kier alpha value is -2.07. The van der Waals surface area contributed by atoms with Crippen molar-refractivity contribution in [3.63, 3.8) is 0 Å². The first-order valence-corrected chi connectivity index (χ1v) is 7.61. The molecule has 4 heteroatoms. The van der Waals surface area contributed by atoms with Gasteiger partial charge in [-0.2, -0.15) is 0 Å². The SMILES string of the molecule is CC(C)(C)c1ccc(-c2ccc(C(=O)NCCCN)o2)cc1. The molecule has 0 fully saturated rings. The molecule has 0 unspecified atom stereocenters. The molecule has 0 saturated heterocycles. The Bertz CT molecular complexity index is 621. The van der Waals surface area contributed by atoms with Crippen LogP contribution in [0.5, 0.6) is 0 Å². The van der Waals surface area contributed by atoms with Crippen LogP contribution in [-0.4, -0.2) is 19.0 Å². The standard InChI is InChI=1S/C18H24N2O2/c1-18(2,3)14-7-5-13(6-8-14)15-9-10-16(22-15)17(21)20-12-4-11-19/h5-10H,4,11-12,19H2,1-3H3,(H,20,21). The maximum Gasteiger partial charge on any atom is 0.287 e. The summed E-state index contributed by atoms with van der Waals surface area (Å²) in [6.07, 6.45) is 0.758. The molecule has 0 atom stereocenters. The Balaban J connectivity index is 2.09. The highest BCUT2D eigenvalue weighted by Crippen LogP contribution is 2.27. The van der Waals surface area contributed by atoms with Crippen molar-refractivity contribution in [2.24, 2.45) is 5.73 Å². The summed E-state index contributed by atoms with van der Waals surface area (Å²) < 4.78 is 5.64. The fourth-order valence-corrected chi connectivity index (χ4v) is 2.14. The lowest BCUT2D eigenvalue weighted by molar-refractivity contribution is 0.0926. The number of rotatable bonds is 5. The van der Waals surface area contributed by atoms with Crippen molar-refractivity contribution >= 4 is 5.91 Å². The van der Waals surface area contributed by atoms with Crippen molar-refractivity contribution < 1.29 is 9.21 Å². The highest BCUT2D eigenvalue weighted by atomic mass is 16.3. The van der Waals surface area contributed by atoms with Crippen LogP contribution in [0.15, 0.2) is 40.8 Å². The molecule has 1 aromatic heterocycles. The summed E-state index contributed by atoms with van der Waals surface area (Å²) in [5, 5.41) is 2.78. The van der Waals surface area contributed by atoms with E-state index in [0.29, 0.717) is 24.6 Å². The number of amides is 1. The smallest absolute Gasteiger partial charge is 0.287 e. The van der Waals surface area contributed by atoms with Gasteiger partial charge in [-0.25, -0.2) is 0 Å². The first-order valence-electron chi connectivity index (χ1n) is 7.61. The largest absolute Gasteiger partial charge is 0.451 e. The van der Waals surface area contributed by atoms with Gasteiger partial charge in [-0.3, -0.25) is 4.79 Å². The van der Waals surface area contributed by atoms with Crippen LogP contribution in [0.4, 0.5) is 0 Å². The minimum Gasteiger partial charge on any atom is -0.451 e. The van der Waals surface area contributed by atoms with Crippen molar-refractivity contribution in [1.82, 2.24) is 5.32 Å². The van der Waals surface area contributed by atoms with Crippen LogP contribution in [0.3, 0.4) is 0 Å². The quantitative estimate of drug-likeness (QED) is 0.832. The summed E-state index contributed by atoms with van der Waals surface area (Å²) >= 11 is 0. The van der Waals surface area contributed by atoms with Crippen LogP contribution in [-0.2, 0) is 5.41 Å². The summed E-state index contributed by atoms with van der Waals surface area (Å²) in [6, 6.07) is 11.8. The van der Waals surface area contributed by atoms with Gasteiger partial charge >= 0.3 is 0 Å². The van der Waals surface area contributed by atoms with Crippen LogP contribution in [0.2, 0.25) is 0 Å². The molecule has 0 radical (unpaired) electrons. The third kappa shape index (κ3) is 3.98. The van der Waals surface area contributed by atoms with Gasteiger partial charge in [0.2, 0.25) is 0 Å². The molecule has 1 heterocycles. The van der Waals surface area contributed by atoms with Gasteiger partial charge in [0.15, 0.2) is 5.76 Å². The molecular weight excluding hydrogens is 276 g/mol. The van der Waals surface area contributed by atoms with E-state index in [1.807, 2.05) is 18.2 Å². The molecule has 4 nitrogen and oxygen atoms in total. The Kier molecular flexibility index (Phi) is 5.03. The monoisotopic (exact) mass is 300 g/mol. The average Bonchev–Trinajstić information content (AvgIpc) is 2.96. The lowest BCUT2D eigenvalue weighted by atomic mass is 9.86. The fraction of sp³-hybridized carbons (Fsp3) is 0.389. The zero-order chi connectivity index (χ0) is 16.2. The van der Waals surface area contributed by atoms with Gasteiger partial charge < -0.3 is 15.5 Å². The first-order chi connectivity index (χ1) is 10.4. The van der Waals surface area contributed by atoms with Crippen LogP contribution in [0, 0.1) is 0 Å². The summed E-state index contributed by atoms with van der Waals surface area (Å²) in [6.45, 7) is 7.66. The van der Waals surface area contributed by atoms with E-state index in [-0.39, 0.29) is 11.3 Å². The van der Waals surface area contributed by atoms with E-state index in [9.17, 15) is 4.79 Å². The van der Waals surface area contributed by atoms with Gasteiger partial charge in [0.1, 0.15) is 5.76 Å². The molecule has 1 amide bonds. The molecule has 3 N–H and O–H groups in total. The number of nitrogens with two attached hydrogens (primary N) is 1. The van der Waals surface area contributed by atoms with E-state index in [2.05, 4.69) is 38.2 Å². The number of nitrogens with one attached hydrogen (secondary N) is 1. The van der Waals surface area contributed by atoms with Crippen molar-refractivity contribution in [2.45, 2.75) is 32.6 Å². The molecular formula is C18H24N2O2. The van der Waals surface area contributed by atoms with Gasteiger partial charge in [-0.15, -0.1) is 0 Å². The number of furan rings is 1. The third-order valence-electron chi connectivity index (χ3n) is 3.53. The van der Waals surface area contributed by atoms with Crippen molar-refractivity contribution in [3.8, 4) is 11.3 Å². The summed E-state index contributed by atoms with van der Waals surface area (Å²) in [5.41, 5.74) is 7.76. The second kappa shape index (κ2) is 6.79. The highest BCUT2D eigenvalue weighted by Gasteiger charge is 2.15. The van der Waals surface area contributed by atoms with Gasteiger partial charge in [0.25, 0.3) is 5.91 Å². The minimum absolute atomic E-state index is 0.121. The van der Waals surface area contributed by atoms with E-state index >= 15 is 0 Å². The summed E-state index contributed by atoms with van der Waals surface area (Å²) in [5.74, 6) is 0.822. The number of benzene rings is 1. The molecule has 2 rings (SSSR count). The zero-order valence-corrected chi connectivity index (χ0v) is 13.5. The fourth-order valence-electron chi connectivity index (χ4n) is 2.14. The number of carbonyl (C=O) groups is 1. The summed E-state index contributed by atoms with van der Waals surface area (Å²) in [4.78, 5) is 11.9. The molecule has 1 aromatic carbocycles. The molecule has 0 saturated carbocycles. The highest BCUT2D eigenvalue weighted by molar-refractivity contribution is 5.92. The van der Waals surface area contributed by atoms with E-state index in [4.69, 9.17) is 10.2 Å². The molecule has 0 aliphatic heterocycles. The van der Waals surface area contributed by atoms with Crippen LogP contribution in [0.25, 0.3) is 11.3 Å². The molecule has 0 bridgehead atoms. The Morgan fingerprint density at radius 2 is 1.82 bits per heavy atom. The average molecular weight is 300 g/mol. The van der Waals surface area contributed by atoms with Gasteiger partial charge in [0.05, 0.1) is 0 Å². The van der Waals surface area contributed by atoms with Crippen molar-refractivity contribution in [2.75, 3.05) is 13.1 Å². The third-order valence-corrected chi connectivity index (χ3v) is 3.53. The predicted octanol–water partition coefficient (Wildman–Crippen LogP) is 3.32. The molecule has 2 aromatic rings. The van der Waals surface area contributed by atoms with Crippen LogP contribution in [0.1, 0.15) is 43.3 Å². The molecule has 118 valence electrons. The number of hydrogen-bond donors (Lipinski definition) is 2. The van der Waals surface area contributed by atoms with Crippen molar-refractivity contribution in [1.29, 1.82) is 0 Å². The second-order valence-electron chi connectivity index (χ2n) is 6.39. The van der Waals surface area contributed by atoms with E-state index in [0.717, 1.165) is 12.0 Å². The Labute approximate surface area is 131 Å². The molecule has 0 spiro atoms. The lowest BCUT2D eigenvalue weighted by Gasteiger charge is -2.18. The topological polar surface area (TPSA) is 68.3 Å². The first kappa shape index (κ1) is 16.3. The maximum absolute atomic E-state index is 11.9. The van der Waals surface area contributed by atoms with Gasteiger partial charge in [-0.05, 0) is 36.1 Å². The lowest BCUT2D eigenvalue weighted by Crippen LogP contribution is -2.25. The van der Waals surface area contributed by atoms with Gasteiger partial charge in [-0.1, -0.05) is 45.0 Å². The summed E-state index contributed by atoms with van der Waals surface area (Å²) in [7, 11) is 0. The van der Waals surface area contributed by atoms with E-state index in [1.54, 1.807) is 6.07 Å². The maximum atomic E-state index is 11.9. The molecule has 22 heavy (non-hydrogen) atoms. The molecule has 0 aliphatic rings. The second-order valence-corrected chi connectivity index (χ2v) is 6.39. The van der Waals surface area contributed by atoms with E-state index < -0.39 is 0 Å². The van der Waals surface area contributed by atoms with Gasteiger partial charge in [0, 0.05) is 12.1 Å². The van der Waals surface area contributed by atoms with Crippen LogP contribution < -0.4 is 11.1 Å². The Morgan fingerprint density at radius 3 is 2.41 bits per heavy atom.